The largest absolute Gasteiger partial charge is 0.353 e. The monoisotopic (exact) mass is 459 g/mol. The summed E-state index contributed by atoms with van der Waals surface area (Å²) in [6.07, 6.45) is 7.37. The third-order valence-electron chi connectivity index (χ3n) is 6.62. The molecular formula is C23H30BrN3O2. The molecule has 156 valence electrons. The molecule has 29 heavy (non-hydrogen) atoms. The summed E-state index contributed by atoms with van der Waals surface area (Å²) in [6.45, 7) is 3.84. The molecule has 0 radical (unpaired) electrons. The van der Waals surface area contributed by atoms with Crippen LogP contribution in [0.4, 0.5) is 0 Å². The summed E-state index contributed by atoms with van der Waals surface area (Å²) in [5.74, 6) is 0.582. The van der Waals surface area contributed by atoms with Gasteiger partial charge in [0.1, 0.15) is 6.54 Å². The van der Waals surface area contributed by atoms with Gasteiger partial charge in [-0.1, -0.05) is 37.5 Å². The number of carbonyl (C=O) groups is 2. The van der Waals surface area contributed by atoms with Crippen LogP contribution in [0.2, 0.25) is 0 Å². The van der Waals surface area contributed by atoms with E-state index in [1.165, 1.54) is 19.3 Å². The van der Waals surface area contributed by atoms with Gasteiger partial charge in [-0.25, -0.2) is 0 Å². The normalized spacial score (nSPS) is 18.9. The summed E-state index contributed by atoms with van der Waals surface area (Å²) >= 11 is 3.67. The van der Waals surface area contributed by atoms with E-state index >= 15 is 0 Å². The lowest BCUT2D eigenvalue weighted by Crippen LogP contribution is -2.48. The van der Waals surface area contributed by atoms with Crippen molar-refractivity contribution in [3.8, 4) is 0 Å². The molecule has 6 heteroatoms. The predicted molar refractivity (Wildman–Crippen MR) is 119 cm³/mol. The Balaban J connectivity index is 1.33. The van der Waals surface area contributed by atoms with Crippen LogP contribution in [0.1, 0.15) is 50.6 Å². The quantitative estimate of drug-likeness (QED) is 0.736. The topological polar surface area (TPSA) is 54.3 Å². The summed E-state index contributed by atoms with van der Waals surface area (Å²) in [6, 6.07) is 8.37. The van der Waals surface area contributed by atoms with Gasteiger partial charge in [0.25, 0.3) is 0 Å². The number of carbonyl (C=O) groups excluding carboxylic acids is 2. The maximum absolute atomic E-state index is 13.0. The first-order valence-electron chi connectivity index (χ1n) is 10.9. The van der Waals surface area contributed by atoms with Gasteiger partial charge in [-0.05, 0) is 54.6 Å². The average Bonchev–Trinajstić information content (AvgIpc) is 3.00. The van der Waals surface area contributed by atoms with E-state index in [2.05, 4.69) is 37.9 Å². The number of piperidine rings is 1. The van der Waals surface area contributed by atoms with Crippen LogP contribution in [0.3, 0.4) is 0 Å². The fourth-order valence-electron chi connectivity index (χ4n) is 4.78. The average molecular weight is 460 g/mol. The van der Waals surface area contributed by atoms with Crippen molar-refractivity contribution in [3.05, 3.63) is 34.4 Å². The fraction of sp³-hybridized carbons (Fsp3) is 0.565. The highest BCUT2D eigenvalue weighted by molar-refractivity contribution is 9.10. The third kappa shape index (κ3) is 4.37. The lowest BCUT2D eigenvalue weighted by Gasteiger charge is -2.33. The van der Waals surface area contributed by atoms with Gasteiger partial charge in [-0.15, -0.1) is 0 Å². The minimum atomic E-state index is 0.151. The number of amides is 2. The second-order valence-electron chi connectivity index (χ2n) is 8.50. The number of fused-ring (bicyclic) bond motifs is 1. The number of benzene rings is 1. The molecular weight excluding hydrogens is 430 g/mol. The SMILES string of the molecule is Cc1c(Br)c2ccccc2n1CC(=O)N1CCC(NC(=O)C2CCCCC2)CC1. The van der Waals surface area contributed by atoms with Crippen LogP contribution >= 0.6 is 15.9 Å². The molecule has 4 rings (SSSR count). The number of rotatable bonds is 4. The number of likely N-dealkylation sites (tertiary alicyclic amines) is 1. The smallest absolute Gasteiger partial charge is 0.242 e. The Labute approximate surface area is 180 Å². The molecule has 0 unspecified atom stereocenters. The van der Waals surface area contributed by atoms with E-state index in [9.17, 15) is 9.59 Å². The van der Waals surface area contributed by atoms with Gasteiger partial charge in [-0.3, -0.25) is 9.59 Å². The van der Waals surface area contributed by atoms with Gasteiger partial charge < -0.3 is 14.8 Å². The van der Waals surface area contributed by atoms with E-state index in [0.717, 1.165) is 46.8 Å². The van der Waals surface area contributed by atoms with E-state index in [0.29, 0.717) is 19.6 Å². The zero-order chi connectivity index (χ0) is 20.4. The van der Waals surface area contributed by atoms with E-state index in [4.69, 9.17) is 0 Å². The minimum absolute atomic E-state index is 0.151. The Hall–Kier alpha value is -1.82. The van der Waals surface area contributed by atoms with Gasteiger partial charge in [0.15, 0.2) is 0 Å². The van der Waals surface area contributed by atoms with Crippen LogP contribution < -0.4 is 5.32 Å². The molecule has 1 aliphatic carbocycles. The lowest BCUT2D eigenvalue weighted by atomic mass is 9.88. The second-order valence-corrected chi connectivity index (χ2v) is 9.29. The summed E-state index contributed by atoms with van der Waals surface area (Å²) < 4.78 is 3.16. The molecule has 0 bridgehead atoms. The summed E-state index contributed by atoms with van der Waals surface area (Å²) in [5, 5.41) is 4.39. The fourth-order valence-corrected chi connectivity index (χ4v) is 5.33. The Morgan fingerprint density at radius 2 is 1.76 bits per heavy atom. The van der Waals surface area contributed by atoms with Crippen molar-refractivity contribution in [2.45, 2.75) is 64.5 Å². The number of aromatic nitrogens is 1. The maximum Gasteiger partial charge on any atom is 0.242 e. The number of hydrogen-bond donors (Lipinski definition) is 1. The van der Waals surface area contributed by atoms with E-state index < -0.39 is 0 Å². The van der Waals surface area contributed by atoms with Crippen LogP contribution in [0.25, 0.3) is 10.9 Å². The first-order chi connectivity index (χ1) is 14.0. The molecule has 1 aromatic carbocycles. The summed E-state index contributed by atoms with van der Waals surface area (Å²) in [4.78, 5) is 27.4. The Bertz CT molecular complexity index is 893. The highest BCUT2D eigenvalue weighted by Crippen LogP contribution is 2.30. The van der Waals surface area contributed by atoms with Crippen LogP contribution in [-0.2, 0) is 16.1 Å². The molecule has 1 saturated heterocycles. The molecule has 5 nitrogen and oxygen atoms in total. The van der Waals surface area contributed by atoms with Gasteiger partial charge in [-0.2, -0.15) is 0 Å². The zero-order valence-corrected chi connectivity index (χ0v) is 18.7. The van der Waals surface area contributed by atoms with E-state index in [1.54, 1.807) is 0 Å². The number of halogens is 1. The highest BCUT2D eigenvalue weighted by Gasteiger charge is 2.27. The second kappa shape index (κ2) is 8.90. The van der Waals surface area contributed by atoms with Gasteiger partial charge >= 0.3 is 0 Å². The van der Waals surface area contributed by atoms with Crippen LogP contribution in [0, 0.1) is 12.8 Å². The lowest BCUT2D eigenvalue weighted by molar-refractivity contribution is -0.133. The Morgan fingerprint density at radius 1 is 1.07 bits per heavy atom. The molecule has 0 spiro atoms. The molecule has 1 aromatic heterocycles. The number of para-hydroxylation sites is 1. The zero-order valence-electron chi connectivity index (χ0n) is 17.1. The number of hydrogen-bond acceptors (Lipinski definition) is 2. The van der Waals surface area contributed by atoms with Gasteiger partial charge in [0.05, 0.1) is 0 Å². The van der Waals surface area contributed by atoms with Crippen molar-refractivity contribution in [2.24, 2.45) is 5.92 Å². The molecule has 2 aromatic rings. The van der Waals surface area contributed by atoms with Crippen LogP contribution in [0.15, 0.2) is 28.7 Å². The van der Waals surface area contributed by atoms with E-state index in [-0.39, 0.29) is 23.8 Å². The van der Waals surface area contributed by atoms with Crippen LogP contribution in [-0.4, -0.2) is 40.4 Å². The maximum atomic E-state index is 13.0. The van der Waals surface area contributed by atoms with Crippen molar-refractivity contribution in [1.82, 2.24) is 14.8 Å². The number of nitrogens with zero attached hydrogens (tertiary/aromatic N) is 2. The molecule has 0 atom stereocenters. The standard InChI is InChI=1S/C23H30BrN3O2/c1-16-22(24)19-9-5-6-10-20(19)27(16)15-21(28)26-13-11-18(12-14-26)25-23(29)17-7-3-2-4-8-17/h5-6,9-10,17-18H,2-4,7-8,11-15H2,1H3,(H,25,29). The third-order valence-corrected chi connectivity index (χ3v) is 7.62. The molecule has 1 N–H and O–H groups in total. The van der Waals surface area contributed by atoms with Crippen molar-refractivity contribution in [1.29, 1.82) is 0 Å². The van der Waals surface area contributed by atoms with Crippen LogP contribution in [0.5, 0.6) is 0 Å². The predicted octanol–water partition coefficient (Wildman–Crippen LogP) is 4.40. The van der Waals surface area contributed by atoms with Crippen molar-refractivity contribution < 1.29 is 9.59 Å². The van der Waals surface area contributed by atoms with Gasteiger partial charge in [0.2, 0.25) is 11.8 Å². The highest BCUT2D eigenvalue weighted by atomic mass is 79.9. The molecule has 2 heterocycles. The number of nitrogens with one attached hydrogen (secondary N) is 1. The van der Waals surface area contributed by atoms with Crippen molar-refractivity contribution in [3.63, 3.8) is 0 Å². The molecule has 2 fully saturated rings. The summed E-state index contributed by atoms with van der Waals surface area (Å²) in [7, 11) is 0. The van der Waals surface area contributed by atoms with Crippen molar-refractivity contribution >= 4 is 38.6 Å². The Kier molecular flexibility index (Phi) is 6.28. The summed E-state index contributed by atoms with van der Waals surface area (Å²) in [5.41, 5.74) is 2.16. The van der Waals surface area contributed by atoms with E-state index in [1.807, 2.05) is 24.0 Å². The Morgan fingerprint density at radius 3 is 2.48 bits per heavy atom. The molecule has 1 saturated carbocycles. The van der Waals surface area contributed by atoms with Crippen molar-refractivity contribution in [2.75, 3.05) is 13.1 Å². The minimum Gasteiger partial charge on any atom is -0.353 e. The molecule has 2 aliphatic rings. The molecule has 1 aliphatic heterocycles. The first kappa shape index (κ1) is 20.5. The first-order valence-corrected chi connectivity index (χ1v) is 11.7. The molecule has 2 amide bonds. The van der Waals surface area contributed by atoms with Gasteiger partial charge in [0, 0.05) is 46.1 Å².